The van der Waals surface area contributed by atoms with Gasteiger partial charge in [0.15, 0.2) is 0 Å². The molecule has 0 spiro atoms. The van der Waals surface area contributed by atoms with E-state index in [0.29, 0.717) is 6.04 Å². The maximum absolute atomic E-state index is 6.04. The Morgan fingerprint density at radius 3 is 2.67 bits per heavy atom. The maximum atomic E-state index is 6.04. The molecule has 1 aromatic carbocycles. The van der Waals surface area contributed by atoms with Crippen molar-refractivity contribution in [3.05, 3.63) is 18.2 Å². The minimum Gasteiger partial charge on any atom is -0.495 e. The van der Waals surface area contributed by atoms with Crippen LogP contribution >= 0.6 is 0 Å². The predicted molar refractivity (Wildman–Crippen MR) is 63.4 cm³/mol. The lowest BCUT2D eigenvalue weighted by Crippen LogP contribution is -2.37. The molecule has 2 N–H and O–H groups in total. The summed E-state index contributed by atoms with van der Waals surface area (Å²) in [5, 5.41) is 0. The fourth-order valence-corrected chi connectivity index (χ4v) is 1.99. The van der Waals surface area contributed by atoms with Gasteiger partial charge < -0.3 is 15.4 Å². The van der Waals surface area contributed by atoms with Crippen molar-refractivity contribution in [3.8, 4) is 5.75 Å². The Morgan fingerprint density at radius 2 is 2.13 bits per heavy atom. The highest BCUT2D eigenvalue weighted by Gasteiger charge is 2.23. The molecule has 82 valence electrons. The molecule has 1 aliphatic carbocycles. The molecule has 0 aromatic heterocycles. The van der Waals surface area contributed by atoms with E-state index in [-0.39, 0.29) is 0 Å². The quantitative estimate of drug-likeness (QED) is 0.771. The van der Waals surface area contributed by atoms with Crippen LogP contribution < -0.4 is 15.4 Å². The molecule has 0 unspecified atom stereocenters. The molecule has 1 aliphatic rings. The van der Waals surface area contributed by atoms with Crippen molar-refractivity contribution in [2.24, 2.45) is 0 Å². The van der Waals surface area contributed by atoms with Gasteiger partial charge in [-0.3, -0.25) is 0 Å². The van der Waals surface area contributed by atoms with E-state index < -0.39 is 0 Å². The van der Waals surface area contributed by atoms with Gasteiger partial charge in [-0.1, -0.05) is 6.07 Å². The summed E-state index contributed by atoms with van der Waals surface area (Å²) in [6.07, 6.45) is 3.87. The number of ether oxygens (including phenoxy) is 1. The second-order valence-electron chi connectivity index (χ2n) is 4.09. The SMILES string of the molecule is COc1cccc(N(C)C2CCC2)c1N. The van der Waals surface area contributed by atoms with E-state index in [1.54, 1.807) is 7.11 Å². The number of benzene rings is 1. The normalized spacial score (nSPS) is 15.9. The van der Waals surface area contributed by atoms with Crippen molar-refractivity contribution >= 4 is 11.4 Å². The molecule has 0 bridgehead atoms. The molecule has 0 amide bonds. The molecular weight excluding hydrogens is 188 g/mol. The van der Waals surface area contributed by atoms with Gasteiger partial charge in [0.05, 0.1) is 18.5 Å². The van der Waals surface area contributed by atoms with Crippen LogP contribution in [0, 0.1) is 0 Å². The summed E-state index contributed by atoms with van der Waals surface area (Å²) < 4.78 is 5.22. The monoisotopic (exact) mass is 206 g/mol. The number of para-hydroxylation sites is 1. The minimum atomic E-state index is 0.652. The van der Waals surface area contributed by atoms with Crippen molar-refractivity contribution < 1.29 is 4.74 Å². The van der Waals surface area contributed by atoms with E-state index in [4.69, 9.17) is 10.5 Å². The van der Waals surface area contributed by atoms with Gasteiger partial charge in [0.2, 0.25) is 0 Å². The summed E-state index contributed by atoms with van der Waals surface area (Å²) in [4.78, 5) is 2.27. The summed E-state index contributed by atoms with van der Waals surface area (Å²) in [5.41, 5.74) is 7.87. The number of nitrogens with two attached hydrogens (primary N) is 1. The topological polar surface area (TPSA) is 38.5 Å². The molecule has 15 heavy (non-hydrogen) atoms. The van der Waals surface area contributed by atoms with Crippen LogP contribution in [-0.2, 0) is 0 Å². The lowest BCUT2D eigenvalue weighted by molar-refractivity contribution is 0.399. The molecule has 3 heteroatoms. The van der Waals surface area contributed by atoms with Crippen molar-refractivity contribution in [2.45, 2.75) is 25.3 Å². The molecule has 0 radical (unpaired) electrons. The van der Waals surface area contributed by atoms with E-state index in [1.807, 2.05) is 12.1 Å². The first-order valence-corrected chi connectivity index (χ1v) is 5.39. The summed E-state index contributed by atoms with van der Waals surface area (Å²) >= 11 is 0. The molecule has 3 nitrogen and oxygen atoms in total. The first-order valence-electron chi connectivity index (χ1n) is 5.39. The van der Waals surface area contributed by atoms with Gasteiger partial charge in [-0.25, -0.2) is 0 Å². The van der Waals surface area contributed by atoms with Crippen LogP contribution in [0.3, 0.4) is 0 Å². The minimum absolute atomic E-state index is 0.652. The van der Waals surface area contributed by atoms with Crippen molar-refractivity contribution in [1.82, 2.24) is 0 Å². The van der Waals surface area contributed by atoms with Crippen molar-refractivity contribution in [2.75, 3.05) is 24.8 Å². The summed E-state index contributed by atoms with van der Waals surface area (Å²) in [5.74, 6) is 0.763. The van der Waals surface area contributed by atoms with Crippen LogP contribution in [0.4, 0.5) is 11.4 Å². The van der Waals surface area contributed by atoms with Crippen molar-refractivity contribution in [1.29, 1.82) is 0 Å². The lowest BCUT2D eigenvalue weighted by atomic mass is 9.91. The first-order chi connectivity index (χ1) is 7.24. The molecule has 0 heterocycles. The summed E-state index contributed by atoms with van der Waals surface area (Å²) in [7, 11) is 3.76. The highest BCUT2D eigenvalue weighted by Crippen LogP contribution is 2.35. The zero-order chi connectivity index (χ0) is 10.8. The Kier molecular flexibility index (Phi) is 2.71. The van der Waals surface area contributed by atoms with Crippen LogP contribution in [0.1, 0.15) is 19.3 Å². The molecule has 0 atom stereocenters. The van der Waals surface area contributed by atoms with Crippen LogP contribution in [0.25, 0.3) is 0 Å². The summed E-state index contributed by atoms with van der Waals surface area (Å²) in [6, 6.07) is 6.59. The van der Waals surface area contributed by atoms with E-state index in [0.717, 1.165) is 17.1 Å². The average molecular weight is 206 g/mol. The number of methoxy groups -OCH3 is 1. The molecule has 1 fully saturated rings. The number of anilines is 2. The fraction of sp³-hybridized carbons (Fsp3) is 0.500. The maximum Gasteiger partial charge on any atom is 0.143 e. The second-order valence-corrected chi connectivity index (χ2v) is 4.09. The zero-order valence-corrected chi connectivity index (χ0v) is 9.36. The van der Waals surface area contributed by atoms with E-state index in [2.05, 4.69) is 18.0 Å². The Balaban J connectivity index is 2.26. The molecule has 0 saturated heterocycles. The largest absolute Gasteiger partial charge is 0.495 e. The molecular formula is C12H18N2O. The number of nitrogen functional groups attached to an aromatic ring is 1. The van der Waals surface area contributed by atoms with Crippen LogP contribution in [0.5, 0.6) is 5.75 Å². The molecule has 2 rings (SSSR count). The smallest absolute Gasteiger partial charge is 0.143 e. The van der Waals surface area contributed by atoms with Gasteiger partial charge in [-0.15, -0.1) is 0 Å². The van der Waals surface area contributed by atoms with Gasteiger partial charge in [-0.2, -0.15) is 0 Å². The third kappa shape index (κ3) is 1.74. The number of rotatable bonds is 3. The van der Waals surface area contributed by atoms with Gasteiger partial charge in [0.1, 0.15) is 5.75 Å². The third-order valence-corrected chi connectivity index (χ3v) is 3.27. The predicted octanol–water partition coefficient (Wildman–Crippen LogP) is 2.27. The number of hydrogen-bond acceptors (Lipinski definition) is 3. The highest BCUT2D eigenvalue weighted by atomic mass is 16.5. The Morgan fingerprint density at radius 1 is 1.40 bits per heavy atom. The Bertz CT molecular complexity index is 347. The summed E-state index contributed by atoms with van der Waals surface area (Å²) in [6.45, 7) is 0. The van der Waals surface area contributed by atoms with Gasteiger partial charge in [0, 0.05) is 13.1 Å². The molecule has 1 aromatic rings. The Hall–Kier alpha value is -1.38. The highest BCUT2D eigenvalue weighted by molar-refractivity contribution is 5.74. The van der Waals surface area contributed by atoms with Gasteiger partial charge >= 0.3 is 0 Å². The second kappa shape index (κ2) is 4.01. The fourth-order valence-electron chi connectivity index (χ4n) is 1.99. The van der Waals surface area contributed by atoms with Crippen LogP contribution in [0.2, 0.25) is 0 Å². The molecule has 1 saturated carbocycles. The zero-order valence-electron chi connectivity index (χ0n) is 9.36. The van der Waals surface area contributed by atoms with Gasteiger partial charge in [-0.05, 0) is 31.4 Å². The standard InChI is InChI=1S/C12H18N2O/c1-14(9-5-3-6-9)10-7-4-8-11(15-2)12(10)13/h4,7-9H,3,5-6,13H2,1-2H3. The molecule has 0 aliphatic heterocycles. The number of hydrogen-bond donors (Lipinski definition) is 1. The number of nitrogens with zero attached hydrogens (tertiary/aromatic N) is 1. The van der Waals surface area contributed by atoms with E-state index >= 15 is 0 Å². The first kappa shape index (κ1) is 10.1. The lowest BCUT2D eigenvalue weighted by Gasteiger charge is -2.37. The van der Waals surface area contributed by atoms with Crippen LogP contribution in [-0.4, -0.2) is 20.2 Å². The van der Waals surface area contributed by atoms with Gasteiger partial charge in [0.25, 0.3) is 0 Å². The Labute approximate surface area is 90.8 Å². The average Bonchev–Trinajstić information content (AvgIpc) is 2.15. The van der Waals surface area contributed by atoms with Crippen LogP contribution in [0.15, 0.2) is 18.2 Å². The van der Waals surface area contributed by atoms with Crippen molar-refractivity contribution in [3.63, 3.8) is 0 Å². The van der Waals surface area contributed by atoms with E-state index in [9.17, 15) is 0 Å². The third-order valence-electron chi connectivity index (χ3n) is 3.27. The van der Waals surface area contributed by atoms with E-state index in [1.165, 1.54) is 19.3 Å².